The number of hydrogen-bond acceptors (Lipinski definition) is 2. The van der Waals surface area contributed by atoms with Crippen molar-refractivity contribution in [3.8, 4) is 0 Å². The van der Waals surface area contributed by atoms with Crippen LogP contribution in [0.3, 0.4) is 0 Å². The van der Waals surface area contributed by atoms with Gasteiger partial charge in [0.05, 0.1) is 6.10 Å². The average molecular weight is 179 g/mol. The number of aliphatic hydroxyl groups is 1. The number of anilines is 1. The lowest BCUT2D eigenvalue weighted by Gasteiger charge is -2.20. The van der Waals surface area contributed by atoms with Crippen LogP contribution in [0.4, 0.5) is 5.69 Å². The second-order valence-electron chi connectivity index (χ2n) is 3.57. The van der Waals surface area contributed by atoms with Crippen molar-refractivity contribution in [3.63, 3.8) is 0 Å². The molecule has 0 radical (unpaired) electrons. The molecule has 0 aliphatic carbocycles. The number of aryl methyl sites for hydroxylation is 1. The molecule has 0 saturated heterocycles. The maximum Gasteiger partial charge on any atom is 0.0686 e. The van der Waals surface area contributed by atoms with E-state index in [0.29, 0.717) is 6.54 Å². The van der Waals surface area contributed by atoms with Crippen molar-refractivity contribution in [2.24, 2.45) is 0 Å². The van der Waals surface area contributed by atoms with Gasteiger partial charge in [0.1, 0.15) is 0 Å². The molecular formula is C11H17NO. The largest absolute Gasteiger partial charge is 0.392 e. The summed E-state index contributed by atoms with van der Waals surface area (Å²) in [6.07, 6.45) is -0.286. The van der Waals surface area contributed by atoms with E-state index in [-0.39, 0.29) is 6.10 Å². The van der Waals surface area contributed by atoms with E-state index in [9.17, 15) is 5.11 Å². The predicted molar refractivity (Wildman–Crippen MR) is 56.1 cm³/mol. The van der Waals surface area contributed by atoms with Crippen LogP contribution in [0.25, 0.3) is 0 Å². The van der Waals surface area contributed by atoms with Gasteiger partial charge in [0.25, 0.3) is 0 Å². The van der Waals surface area contributed by atoms with Crippen LogP contribution < -0.4 is 4.90 Å². The standard InChI is InChI=1S/C11H17NO/c1-9-4-6-11(7-5-9)12(3)8-10(2)13/h4-7,10,13H,8H2,1-3H3. The fraction of sp³-hybridized carbons (Fsp3) is 0.455. The summed E-state index contributed by atoms with van der Waals surface area (Å²) in [5.74, 6) is 0. The number of likely N-dealkylation sites (N-methyl/N-ethyl adjacent to an activating group) is 1. The molecule has 0 fully saturated rings. The molecule has 1 aromatic rings. The van der Waals surface area contributed by atoms with Crippen LogP contribution in [-0.4, -0.2) is 24.8 Å². The minimum Gasteiger partial charge on any atom is -0.392 e. The quantitative estimate of drug-likeness (QED) is 0.765. The van der Waals surface area contributed by atoms with Crippen molar-refractivity contribution in [3.05, 3.63) is 29.8 Å². The minimum absolute atomic E-state index is 0.286. The normalized spacial score (nSPS) is 12.6. The van der Waals surface area contributed by atoms with Crippen molar-refractivity contribution in [2.75, 3.05) is 18.5 Å². The molecule has 72 valence electrons. The molecule has 0 aromatic heterocycles. The Morgan fingerprint density at radius 3 is 2.31 bits per heavy atom. The number of hydrogen-bond donors (Lipinski definition) is 1. The van der Waals surface area contributed by atoms with E-state index in [2.05, 4.69) is 31.2 Å². The van der Waals surface area contributed by atoms with Crippen LogP contribution in [0.2, 0.25) is 0 Å². The zero-order valence-corrected chi connectivity index (χ0v) is 8.49. The summed E-state index contributed by atoms with van der Waals surface area (Å²) in [5, 5.41) is 9.20. The summed E-state index contributed by atoms with van der Waals surface area (Å²) in [7, 11) is 1.98. The molecule has 1 atom stereocenters. The van der Waals surface area contributed by atoms with Crippen molar-refractivity contribution >= 4 is 5.69 Å². The van der Waals surface area contributed by atoms with Gasteiger partial charge in [-0.15, -0.1) is 0 Å². The lowest BCUT2D eigenvalue weighted by Crippen LogP contribution is -2.26. The van der Waals surface area contributed by atoms with Gasteiger partial charge < -0.3 is 10.0 Å². The van der Waals surface area contributed by atoms with Gasteiger partial charge in [-0.1, -0.05) is 17.7 Å². The van der Waals surface area contributed by atoms with E-state index in [1.54, 1.807) is 6.92 Å². The zero-order valence-electron chi connectivity index (χ0n) is 8.49. The second kappa shape index (κ2) is 4.28. The van der Waals surface area contributed by atoms with Crippen LogP contribution in [0.15, 0.2) is 24.3 Å². The highest BCUT2D eigenvalue weighted by atomic mass is 16.3. The van der Waals surface area contributed by atoms with E-state index >= 15 is 0 Å². The Morgan fingerprint density at radius 2 is 1.85 bits per heavy atom. The van der Waals surface area contributed by atoms with Gasteiger partial charge in [0.2, 0.25) is 0 Å². The molecule has 0 heterocycles. The molecule has 1 rings (SSSR count). The number of benzene rings is 1. The van der Waals surface area contributed by atoms with Gasteiger partial charge in [-0.3, -0.25) is 0 Å². The lowest BCUT2D eigenvalue weighted by atomic mass is 10.2. The molecule has 2 nitrogen and oxygen atoms in total. The summed E-state index contributed by atoms with van der Waals surface area (Å²) in [5.41, 5.74) is 2.40. The first-order chi connectivity index (χ1) is 6.09. The molecule has 0 bridgehead atoms. The maximum atomic E-state index is 9.20. The molecule has 0 saturated carbocycles. The first kappa shape index (κ1) is 10.1. The van der Waals surface area contributed by atoms with E-state index in [0.717, 1.165) is 5.69 Å². The number of nitrogens with zero attached hydrogens (tertiary/aromatic N) is 1. The monoisotopic (exact) mass is 179 g/mol. The summed E-state index contributed by atoms with van der Waals surface area (Å²) in [6, 6.07) is 8.29. The molecule has 2 heteroatoms. The Balaban J connectivity index is 2.66. The molecule has 13 heavy (non-hydrogen) atoms. The van der Waals surface area contributed by atoms with Crippen LogP contribution in [-0.2, 0) is 0 Å². The smallest absolute Gasteiger partial charge is 0.0686 e. The summed E-state index contributed by atoms with van der Waals surface area (Å²) < 4.78 is 0. The van der Waals surface area contributed by atoms with E-state index in [4.69, 9.17) is 0 Å². The van der Waals surface area contributed by atoms with Crippen molar-refractivity contribution in [2.45, 2.75) is 20.0 Å². The molecular weight excluding hydrogens is 162 g/mol. The summed E-state index contributed by atoms with van der Waals surface area (Å²) >= 11 is 0. The maximum absolute atomic E-state index is 9.20. The average Bonchev–Trinajstić information content (AvgIpc) is 2.04. The lowest BCUT2D eigenvalue weighted by molar-refractivity contribution is 0.201. The minimum atomic E-state index is -0.286. The predicted octanol–water partition coefficient (Wildman–Crippen LogP) is 1.81. The van der Waals surface area contributed by atoms with E-state index in [1.165, 1.54) is 5.56 Å². The molecule has 0 spiro atoms. The van der Waals surface area contributed by atoms with E-state index < -0.39 is 0 Å². The van der Waals surface area contributed by atoms with Gasteiger partial charge in [-0.2, -0.15) is 0 Å². The van der Waals surface area contributed by atoms with E-state index in [1.807, 2.05) is 11.9 Å². The van der Waals surface area contributed by atoms with Crippen molar-refractivity contribution < 1.29 is 5.11 Å². The third-order valence-corrected chi connectivity index (χ3v) is 2.01. The molecule has 1 unspecified atom stereocenters. The van der Waals surface area contributed by atoms with Crippen LogP contribution in [0.5, 0.6) is 0 Å². The van der Waals surface area contributed by atoms with Gasteiger partial charge in [0, 0.05) is 19.3 Å². The Hall–Kier alpha value is -1.02. The molecule has 1 aromatic carbocycles. The van der Waals surface area contributed by atoms with Crippen molar-refractivity contribution in [1.29, 1.82) is 0 Å². The van der Waals surface area contributed by atoms with Gasteiger partial charge >= 0.3 is 0 Å². The molecule has 1 N–H and O–H groups in total. The SMILES string of the molecule is Cc1ccc(N(C)CC(C)O)cc1. The Labute approximate surface area is 79.8 Å². The van der Waals surface area contributed by atoms with Crippen LogP contribution in [0, 0.1) is 6.92 Å². The highest BCUT2D eigenvalue weighted by Crippen LogP contribution is 2.13. The Bertz CT molecular complexity index is 253. The van der Waals surface area contributed by atoms with Crippen LogP contribution >= 0.6 is 0 Å². The topological polar surface area (TPSA) is 23.5 Å². The Morgan fingerprint density at radius 1 is 1.31 bits per heavy atom. The third kappa shape index (κ3) is 3.07. The highest BCUT2D eigenvalue weighted by molar-refractivity contribution is 5.46. The van der Waals surface area contributed by atoms with Gasteiger partial charge in [-0.25, -0.2) is 0 Å². The molecule has 0 aliphatic heterocycles. The number of aliphatic hydroxyl groups excluding tert-OH is 1. The van der Waals surface area contributed by atoms with Gasteiger partial charge in [-0.05, 0) is 26.0 Å². The second-order valence-corrected chi connectivity index (χ2v) is 3.57. The van der Waals surface area contributed by atoms with Crippen molar-refractivity contribution in [1.82, 2.24) is 0 Å². The highest BCUT2D eigenvalue weighted by Gasteiger charge is 2.02. The number of rotatable bonds is 3. The molecule has 0 aliphatic rings. The molecule has 0 amide bonds. The first-order valence-electron chi connectivity index (χ1n) is 4.55. The third-order valence-electron chi connectivity index (χ3n) is 2.01. The Kier molecular flexibility index (Phi) is 3.32. The zero-order chi connectivity index (χ0) is 9.84. The summed E-state index contributed by atoms with van der Waals surface area (Å²) in [6.45, 7) is 4.53. The first-order valence-corrected chi connectivity index (χ1v) is 4.55. The fourth-order valence-corrected chi connectivity index (χ4v) is 1.30. The van der Waals surface area contributed by atoms with Crippen LogP contribution in [0.1, 0.15) is 12.5 Å². The van der Waals surface area contributed by atoms with Gasteiger partial charge in [0.15, 0.2) is 0 Å². The summed E-state index contributed by atoms with van der Waals surface area (Å²) in [4.78, 5) is 2.05. The fourth-order valence-electron chi connectivity index (χ4n) is 1.30.